The fourth-order valence-electron chi connectivity index (χ4n) is 3.33. The molecular formula is C16H22N2O2S. The average Bonchev–Trinajstić information content (AvgIpc) is 2.89. The van der Waals surface area contributed by atoms with Gasteiger partial charge >= 0.3 is 0 Å². The highest BCUT2D eigenvalue weighted by Crippen LogP contribution is 2.39. The summed E-state index contributed by atoms with van der Waals surface area (Å²) in [5, 5.41) is 3.12. The van der Waals surface area contributed by atoms with E-state index in [0.717, 1.165) is 24.2 Å². The molecule has 1 N–H and O–H groups in total. The first-order valence-electron chi connectivity index (χ1n) is 7.72. The lowest BCUT2D eigenvalue weighted by Crippen LogP contribution is -2.38. The van der Waals surface area contributed by atoms with E-state index in [0.29, 0.717) is 12.4 Å². The molecule has 1 aromatic heterocycles. The lowest BCUT2D eigenvalue weighted by atomic mass is 9.82. The molecule has 2 aliphatic rings. The summed E-state index contributed by atoms with van der Waals surface area (Å²) in [6.45, 7) is 0.672. The van der Waals surface area contributed by atoms with Crippen LogP contribution in [0.2, 0.25) is 0 Å². The molecule has 0 aromatic carbocycles. The van der Waals surface area contributed by atoms with E-state index in [-0.39, 0.29) is 17.6 Å². The van der Waals surface area contributed by atoms with Crippen molar-refractivity contribution in [2.24, 2.45) is 0 Å². The molecule has 4 nitrogen and oxygen atoms in total. The van der Waals surface area contributed by atoms with Gasteiger partial charge < -0.3 is 10.1 Å². The number of carbonyl (C=O) groups excluding carboxylic acids is 1. The third-order valence-electron chi connectivity index (χ3n) is 4.36. The van der Waals surface area contributed by atoms with E-state index in [1.54, 1.807) is 24.2 Å². The SMILES string of the molecule is O=C(CSc1ccncc1)N[C@H]1COC2(CCCCC2)C1. The number of thioether (sulfide) groups is 1. The quantitative estimate of drug-likeness (QED) is 0.869. The number of rotatable bonds is 4. The molecule has 2 fully saturated rings. The molecule has 0 bridgehead atoms. The van der Waals surface area contributed by atoms with Gasteiger partial charge in [-0.25, -0.2) is 0 Å². The Kier molecular flexibility index (Phi) is 4.80. The van der Waals surface area contributed by atoms with E-state index in [9.17, 15) is 4.79 Å². The van der Waals surface area contributed by atoms with E-state index in [1.165, 1.54) is 19.3 Å². The van der Waals surface area contributed by atoms with Crippen molar-refractivity contribution in [2.45, 2.75) is 55.1 Å². The number of ether oxygens (including phenoxy) is 1. The standard InChI is InChI=1S/C16H22N2O2S/c19-15(12-21-14-4-8-17-9-5-14)18-13-10-16(20-11-13)6-2-1-3-7-16/h4-5,8-9,13H,1-3,6-7,10-12H2,(H,18,19)/t13-/m1/s1. The Bertz CT molecular complexity index is 474. The number of carbonyl (C=O) groups is 1. The summed E-state index contributed by atoms with van der Waals surface area (Å²) >= 11 is 1.55. The number of nitrogens with one attached hydrogen (secondary N) is 1. The van der Waals surface area contributed by atoms with Gasteiger partial charge in [-0.3, -0.25) is 9.78 Å². The maximum atomic E-state index is 12.0. The van der Waals surface area contributed by atoms with Crippen molar-refractivity contribution >= 4 is 17.7 Å². The van der Waals surface area contributed by atoms with Gasteiger partial charge in [0, 0.05) is 17.3 Å². The van der Waals surface area contributed by atoms with Crippen molar-refractivity contribution < 1.29 is 9.53 Å². The summed E-state index contributed by atoms with van der Waals surface area (Å²) in [4.78, 5) is 17.1. The van der Waals surface area contributed by atoms with Crippen LogP contribution in [0.3, 0.4) is 0 Å². The fourth-order valence-corrected chi connectivity index (χ4v) is 4.03. The summed E-state index contributed by atoms with van der Waals surface area (Å²) in [6.07, 6.45) is 10.6. The zero-order valence-corrected chi connectivity index (χ0v) is 13.0. The Morgan fingerprint density at radius 2 is 2.10 bits per heavy atom. The molecule has 0 radical (unpaired) electrons. The zero-order valence-electron chi connectivity index (χ0n) is 12.2. The van der Waals surface area contributed by atoms with Crippen molar-refractivity contribution in [1.29, 1.82) is 0 Å². The van der Waals surface area contributed by atoms with Gasteiger partial charge in [0.1, 0.15) is 0 Å². The maximum Gasteiger partial charge on any atom is 0.230 e. The Hall–Kier alpha value is -1.07. The summed E-state index contributed by atoms with van der Waals surface area (Å²) in [5.74, 6) is 0.548. The van der Waals surface area contributed by atoms with E-state index >= 15 is 0 Å². The molecule has 3 rings (SSSR count). The Morgan fingerprint density at radius 3 is 2.86 bits per heavy atom. The lowest BCUT2D eigenvalue weighted by Gasteiger charge is -2.32. The van der Waals surface area contributed by atoms with Gasteiger partial charge in [0.15, 0.2) is 0 Å². The monoisotopic (exact) mass is 306 g/mol. The van der Waals surface area contributed by atoms with E-state index in [1.807, 2.05) is 12.1 Å². The second kappa shape index (κ2) is 6.79. The van der Waals surface area contributed by atoms with Crippen molar-refractivity contribution in [3.63, 3.8) is 0 Å². The molecule has 1 atom stereocenters. The highest BCUT2D eigenvalue weighted by Gasteiger charge is 2.41. The van der Waals surface area contributed by atoms with Gasteiger partial charge in [-0.1, -0.05) is 19.3 Å². The third kappa shape index (κ3) is 3.98. The number of aromatic nitrogens is 1. The van der Waals surface area contributed by atoms with Crippen LogP contribution in [0.25, 0.3) is 0 Å². The van der Waals surface area contributed by atoms with Crippen LogP contribution in [0.5, 0.6) is 0 Å². The molecule has 1 aliphatic heterocycles. The number of nitrogens with zero attached hydrogens (tertiary/aromatic N) is 1. The molecule has 1 aromatic rings. The Balaban J connectivity index is 1.43. The number of pyridine rings is 1. The van der Waals surface area contributed by atoms with Crippen LogP contribution in [-0.4, -0.2) is 34.9 Å². The summed E-state index contributed by atoms with van der Waals surface area (Å²) < 4.78 is 6.03. The second-order valence-corrected chi connectivity index (χ2v) is 7.04. The van der Waals surface area contributed by atoms with Gasteiger partial charge in [0.05, 0.1) is 24.0 Å². The molecule has 0 unspecified atom stereocenters. The molecule has 2 heterocycles. The predicted octanol–water partition coefficient (Wildman–Crippen LogP) is 2.78. The van der Waals surface area contributed by atoms with Crippen LogP contribution in [0.1, 0.15) is 38.5 Å². The second-order valence-electron chi connectivity index (χ2n) is 5.99. The molecule has 1 saturated carbocycles. The van der Waals surface area contributed by atoms with Crippen molar-refractivity contribution in [1.82, 2.24) is 10.3 Å². The largest absolute Gasteiger partial charge is 0.373 e. The van der Waals surface area contributed by atoms with Gasteiger partial charge in [0.25, 0.3) is 0 Å². The molecule has 5 heteroatoms. The normalized spacial score (nSPS) is 24.1. The Labute approximate surface area is 130 Å². The summed E-state index contributed by atoms with van der Waals surface area (Å²) in [6, 6.07) is 4.04. The van der Waals surface area contributed by atoms with E-state index in [2.05, 4.69) is 10.3 Å². The predicted molar refractivity (Wildman–Crippen MR) is 83.3 cm³/mol. The van der Waals surface area contributed by atoms with E-state index < -0.39 is 0 Å². The smallest absolute Gasteiger partial charge is 0.230 e. The van der Waals surface area contributed by atoms with E-state index in [4.69, 9.17) is 4.74 Å². The van der Waals surface area contributed by atoms with Gasteiger partial charge in [-0.15, -0.1) is 11.8 Å². The molecule has 1 spiro atoms. The van der Waals surface area contributed by atoms with Crippen LogP contribution in [0, 0.1) is 0 Å². The Morgan fingerprint density at radius 1 is 1.33 bits per heavy atom. The van der Waals surface area contributed by atoms with Crippen molar-refractivity contribution in [3.05, 3.63) is 24.5 Å². The molecular weight excluding hydrogens is 284 g/mol. The van der Waals surface area contributed by atoms with Crippen LogP contribution < -0.4 is 5.32 Å². The summed E-state index contributed by atoms with van der Waals surface area (Å²) in [7, 11) is 0. The van der Waals surface area contributed by atoms with Crippen LogP contribution in [-0.2, 0) is 9.53 Å². The minimum Gasteiger partial charge on any atom is -0.373 e. The summed E-state index contributed by atoms with van der Waals surface area (Å²) in [5.41, 5.74) is 0.0639. The maximum absolute atomic E-state index is 12.0. The molecule has 21 heavy (non-hydrogen) atoms. The van der Waals surface area contributed by atoms with Crippen LogP contribution >= 0.6 is 11.8 Å². The number of hydrogen-bond donors (Lipinski definition) is 1. The topological polar surface area (TPSA) is 51.2 Å². The molecule has 1 aliphatic carbocycles. The highest BCUT2D eigenvalue weighted by atomic mass is 32.2. The minimum atomic E-state index is 0.0639. The van der Waals surface area contributed by atoms with Crippen LogP contribution in [0.15, 0.2) is 29.4 Å². The number of hydrogen-bond acceptors (Lipinski definition) is 4. The fraction of sp³-hybridized carbons (Fsp3) is 0.625. The highest BCUT2D eigenvalue weighted by molar-refractivity contribution is 8.00. The molecule has 114 valence electrons. The minimum absolute atomic E-state index is 0.0639. The van der Waals surface area contributed by atoms with Gasteiger partial charge in [-0.05, 0) is 31.4 Å². The first kappa shape index (κ1) is 14.9. The third-order valence-corrected chi connectivity index (χ3v) is 5.37. The van der Waals surface area contributed by atoms with Gasteiger partial charge in [0.2, 0.25) is 5.91 Å². The van der Waals surface area contributed by atoms with Crippen molar-refractivity contribution in [2.75, 3.05) is 12.4 Å². The lowest BCUT2D eigenvalue weighted by molar-refractivity contribution is -0.119. The number of amides is 1. The molecule has 1 saturated heterocycles. The molecule has 1 amide bonds. The first-order valence-corrected chi connectivity index (χ1v) is 8.71. The van der Waals surface area contributed by atoms with Crippen molar-refractivity contribution in [3.8, 4) is 0 Å². The van der Waals surface area contributed by atoms with Gasteiger partial charge in [-0.2, -0.15) is 0 Å². The zero-order chi connectivity index (χ0) is 14.5. The van der Waals surface area contributed by atoms with Crippen LogP contribution in [0.4, 0.5) is 0 Å². The first-order chi connectivity index (χ1) is 10.3. The average molecular weight is 306 g/mol.